The molecule has 3 aliphatic rings. The number of carbonyl (C=O) groups is 3. The molecule has 11 heteroatoms. The van der Waals surface area contributed by atoms with Crippen LogP contribution in [-0.2, 0) is 53.3 Å². The summed E-state index contributed by atoms with van der Waals surface area (Å²) in [5.74, 6) is -2.11. The normalized spacial score (nSPS) is 22.8. The molecule has 3 aromatic rings. The van der Waals surface area contributed by atoms with E-state index in [1.807, 2.05) is 57.2 Å². The number of hydrogen-bond donors (Lipinski definition) is 6. The SMILES string of the molecule is CC(Cc1cccc(CN(Cc2cccc(CC(C)(C(=O)O)[C@H]3CCNC3)c2)Cc2cccc(C[C@](C)(C(=O)O)[C@H]3CCNC3)c2)c1)(C(=O)O)[C@H]1CCNC1.Cl. The highest BCUT2D eigenvalue weighted by atomic mass is 35.5. The molecule has 3 saturated heterocycles. The molecular weight excluding hydrogens is 728 g/mol. The molecule has 0 aliphatic carbocycles. The quantitative estimate of drug-likeness (QED) is 0.0901. The number of benzene rings is 3. The van der Waals surface area contributed by atoms with E-state index in [2.05, 4.69) is 57.2 Å². The summed E-state index contributed by atoms with van der Waals surface area (Å²) in [6.07, 6.45) is 3.89. The minimum Gasteiger partial charge on any atom is -0.481 e. The fourth-order valence-electron chi connectivity index (χ4n) is 9.51. The predicted molar refractivity (Wildman–Crippen MR) is 221 cm³/mol. The van der Waals surface area contributed by atoms with Crippen molar-refractivity contribution >= 4 is 30.3 Å². The number of halogens is 1. The van der Waals surface area contributed by atoms with Crippen LogP contribution in [0.2, 0.25) is 0 Å². The van der Waals surface area contributed by atoms with Crippen molar-refractivity contribution in [3.8, 4) is 0 Å². The van der Waals surface area contributed by atoms with Crippen molar-refractivity contribution in [2.75, 3.05) is 39.3 Å². The third-order valence-corrected chi connectivity index (χ3v) is 13.3. The van der Waals surface area contributed by atoms with E-state index in [1.165, 1.54) is 0 Å². The van der Waals surface area contributed by atoms with Crippen molar-refractivity contribution in [1.82, 2.24) is 20.9 Å². The number of carboxylic acids is 3. The first-order valence-corrected chi connectivity index (χ1v) is 20.1. The minimum absolute atomic E-state index is 0. The molecule has 0 amide bonds. The zero-order chi connectivity index (χ0) is 39.2. The van der Waals surface area contributed by atoms with Gasteiger partial charge in [0.1, 0.15) is 0 Å². The van der Waals surface area contributed by atoms with Crippen LogP contribution in [0, 0.1) is 34.0 Å². The first kappa shape index (κ1) is 43.3. The fraction of sp³-hybridized carbons (Fsp3) is 0.533. The smallest absolute Gasteiger partial charge is 0.310 e. The van der Waals surface area contributed by atoms with Crippen molar-refractivity contribution in [2.24, 2.45) is 34.0 Å². The van der Waals surface area contributed by atoms with Crippen LogP contribution < -0.4 is 16.0 Å². The Hall–Kier alpha value is -3.80. The summed E-state index contributed by atoms with van der Waals surface area (Å²) >= 11 is 0. The second-order valence-electron chi connectivity index (χ2n) is 17.4. The average molecular weight is 789 g/mol. The van der Waals surface area contributed by atoms with E-state index in [-0.39, 0.29) is 30.2 Å². The molecule has 10 nitrogen and oxygen atoms in total. The van der Waals surface area contributed by atoms with Crippen LogP contribution in [0.15, 0.2) is 72.8 Å². The second-order valence-corrected chi connectivity index (χ2v) is 17.4. The molecule has 56 heavy (non-hydrogen) atoms. The van der Waals surface area contributed by atoms with Gasteiger partial charge in [0.05, 0.1) is 16.2 Å². The monoisotopic (exact) mass is 788 g/mol. The lowest BCUT2D eigenvalue weighted by Gasteiger charge is -2.32. The molecule has 3 heterocycles. The summed E-state index contributed by atoms with van der Waals surface area (Å²) in [5.41, 5.74) is 3.64. The van der Waals surface area contributed by atoms with Crippen molar-refractivity contribution in [3.63, 3.8) is 0 Å². The minimum atomic E-state index is -0.874. The van der Waals surface area contributed by atoms with E-state index in [0.29, 0.717) is 58.5 Å². The van der Waals surface area contributed by atoms with Gasteiger partial charge in [0.15, 0.2) is 0 Å². The third kappa shape index (κ3) is 10.0. The van der Waals surface area contributed by atoms with Gasteiger partial charge in [0.25, 0.3) is 0 Å². The van der Waals surface area contributed by atoms with E-state index in [9.17, 15) is 29.7 Å². The molecule has 0 saturated carbocycles. The number of carboxylic acid groups (broad SMARTS) is 3. The van der Waals surface area contributed by atoms with Gasteiger partial charge in [-0.15, -0.1) is 12.4 Å². The van der Waals surface area contributed by atoms with Gasteiger partial charge in [0, 0.05) is 19.6 Å². The summed E-state index contributed by atoms with van der Waals surface area (Å²) in [4.78, 5) is 40.2. The summed E-state index contributed by atoms with van der Waals surface area (Å²) in [7, 11) is 0. The van der Waals surface area contributed by atoms with Crippen LogP contribution in [0.4, 0.5) is 0 Å². The van der Waals surface area contributed by atoms with Gasteiger partial charge >= 0.3 is 17.9 Å². The van der Waals surface area contributed by atoms with Crippen LogP contribution in [0.5, 0.6) is 0 Å². The third-order valence-electron chi connectivity index (χ3n) is 13.3. The summed E-state index contributed by atoms with van der Waals surface area (Å²) < 4.78 is 0. The van der Waals surface area contributed by atoms with Gasteiger partial charge in [-0.25, -0.2) is 0 Å². The number of nitrogens with zero attached hydrogens (tertiary/aromatic N) is 1. The maximum atomic E-state index is 12.6. The molecule has 304 valence electrons. The molecule has 6 rings (SSSR count). The fourth-order valence-corrected chi connectivity index (χ4v) is 9.51. The number of aliphatic carboxylic acids is 3. The van der Waals surface area contributed by atoms with E-state index < -0.39 is 34.2 Å². The highest BCUT2D eigenvalue weighted by Crippen LogP contribution is 2.38. The predicted octanol–water partition coefficient (Wildman–Crippen LogP) is 6.04. The largest absolute Gasteiger partial charge is 0.481 e. The Balaban J connectivity index is 0.00000600. The molecule has 6 N–H and O–H groups in total. The summed E-state index contributed by atoms with van der Waals surface area (Å²) in [6, 6.07) is 24.9. The first-order valence-electron chi connectivity index (χ1n) is 20.1. The lowest BCUT2D eigenvalue weighted by molar-refractivity contribution is -0.151. The van der Waals surface area contributed by atoms with Crippen LogP contribution in [0.25, 0.3) is 0 Å². The standard InChI is InChI=1S/C45H60N4O6.ClH/c1-43(40(50)51,37-13-16-46-25-37)22-31-7-4-10-34(19-31)28-49(29-35-11-5-8-32(20-35)23-44(2,41(52)53)38-14-17-47-26-38)30-36-12-6-9-33(21-36)24-45(3,42(54)55)39-15-18-48-27-39;/h4-12,19-21,37-39,46-48H,13-18,22-30H2,1-3H3,(H,50,51)(H,52,53)(H,54,55);1H/t37-,38-,39-,43-,44?,45?;/m0./s1. The number of rotatable bonds is 18. The molecule has 2 unspecified atom stereocenters. The summed E-state index contributed by atoms with van der Waals surface area (Å²) in [5, 5.41) is 41.1. The molecule has 6 atom stereocenters. The zero-order valence-corrected chi connectivity index (χ0v) is 34.0. The topological polar surface area (TPSA) is 151 Å². The van der Waals surface area contributed by atoms with E-state index in [0.717, 1.165) is 72.3 Å². The van der Waals surface area contributed by atoms with Crippen LogP contribution in [-0.4, -0.2) is 77.4 Å². The first-order chi connectivity index (χ1) is 26.3. The Labute approximate surface area is 338 Å². The van der Waals surface area contributed by atoms with Crippen LogP contribution in [0.1, 0.15) is 73.4 Å². The van der Waals surface area contributed by atoms with Gasteiger partial charge in [-0.1, -0.05) is 72.8 Å². The molecule has 3 aliphatic heterocycles. The van der Waals surface area contributed by atoms with Crippen LogP contribution in [0.3, 0.4) is 0 Å². The van der Waals surface area contributed by atoms with E-state index in [4.69, 9.17) is 0 Å². The Kier molecular flexibility index (Phi) is 14.4. The van der Waals surface area contributed by atoms with Crippen molar-refractivity contribution in [1.29, 1.82) is 0 Å². The molecule has 3 aromatic carbocycles. The Morgan fingerprint density at radius 3 is 1.04 bits per heavy atom. The van der Waals surface area contributed by atoms with Gasteiger partial charge in [-0.05, 0) is 150 Å². The number of hydrogen-bond acceptors (Lipinski definition) is 7. The molecule has 3 fully saturated rings. The van der Waals surface area contributed by atoms with Gasteiger partial charge in [-0.2, -0.15) is 0 Å². The maximum Gasteiger partial charge on any atom is 0.310 e. The molecule has 0 bridgehead atoms. The van der Waals surface area contributed by atoms with Gasteiger partial charge in [-0.3, -0.25) is 19.3 Å². The molecular formula is C45H61ClN4O6. The molecule has 0 aromatic heterocycles. The van der Waals surface area contributed by atoms with Crippen molar-refractivity contribution < 1.29 is 29.7 Å². The van der Waals surface area contributed by atoms with Gasteiger partial charge in [0.2, 0.25) is 0 Å². The van der Waals surface area contributed by atoms with E-state index in [1.54, 1.807) is 0 Å². The van der Waals surface area contributed by atoms with Crippen molar-refractivity contribution in [2.45, 2.75) is 78.9 Å². The highest BCUT2D eigenvalue weighted by Gasteiger charge is 2.45. The maximum absolute atomic E-state index is 12.6. The van der Waals surface area contributed by atoms with Crippen LogP contribution >= 0.6 is 12.4 Å². The van der Waals surface area contributed by atoms with Gasteiger partial charge < -0.3 is 31.3 Å². The zero-order valence-electron chi connectivity index (χ0n) is 33.2. The lowest BCUT2D eigenvalue weighted by Crippen LogP contribution is -2.39. The summed E-state index contributed by atoms with van der Waals surface area (Å²) in [6.45, 7) is 12.1. The van der Waals surface area contributed by atoms with Crippen molar-refractivity contribution in [3.05, 3.63) is 106 Å². The lowest BCUT2D eigenvalue weighted by atomic mass is 9.72. The number of nitrogens with one attached hydrogen (secondary N) is 3. The Bertz CT molecular complexity index is 1620. The Morgan fingerprint density at radius 1 is 0.536 bits per heavy atom. The molecule has 0 radical (unpaired) electrons. The van der Waals surface area contributed by atoms with E-state index >= 15 is 0 Å². The average Bonchev–Trinajstić information content (AvgIpc) is 3.97. The second kappa shape index (κ2) is 18.6. The Morgan fingerprint density at radius 2 is 0.804 bits per heavy atom. The highest BCUT2D eigenvalue weighted by molar-refractivity contribution is 5.85. The molecule has 0 spiro atoms.